The molecule has 27 heavy (non-hydrogen) atoms. The number of nitrogens with zero attached hydrogens (tertiary/aromatic N) is 4. The molecule has 2 saturated heterocycles. The SMILES string of the molecule is CC(C)c1cc(C(F)(F)F)n2nc([C@H]3CCCN3C[C@H]3CCOC3)cc2n1. The first-order valence-electron chi connectivity index (χ1n) is 9.62. The Morgan fingerprint density at radius 3 is 2.74 bits per heavy atom. The van der Waals surface area contributed by atoms with E-state index in [1.807, 2.05) is 13.8 Å². The minimum Gasteiger partial charge on any atom is -0.381 e. The average molecular weight is 382 g/mol. The first-order chi connectivity index (χ1) is 12.8. The van der Waals surface area contributed by atoms with Gasteiger partial charge in [0, 0.05) is 24.9 Å². The Kier molecular flexibility index (Phi) is 4.88. The predicted molar refractivity (Wildman–Crippen MR) is 94.6 cm³/mol. The van der Waals surface area contributed by atoms with Crippen molar-refractivity contribution in [3.8, 4) is 0 Å². The molecule has 0 saturated carbocycles. The Hall–Kier alpha value is -1.67. The molecule has 0 aromatic carbocycles. The highest BCUT2D eigenvalue weighted by molar-refractivity contribution is 5.44. The Balaban J connectivity index is 1.69. The van der Waals surface area contributed by atoms with Gasteiger partial charge in [0.25, 0.3) is 0 Å². The molecule has 4 rings (SSSR count). The van der Waals surface area contributed by atoms with E-state index in [1.54, 1.807) is 6.07 Å². The quantitative estimate of drug-likeness (QED) is 0.800. The van der Waals surface area contributed by atoms with Gasteiger partial charge in [-0.25, -0.2) is 9.50 Å². The van der Waals surface area contributed by atoms with Crippen molar-refractivity contribution in [3.63, 3.8) is 0 Å². The van der Waals surface area contributed by atoms with Gasteiger partial charge in [-0.1, -0.05) is 13.8 Å². The summed E-state index contributed by atoms with van der Waals surface area (Å²) in [6.45, 7) is 7.12. The summed E-state index contributed by atoms with van der Waals surface area (Å²) in [6, 6.07) is 2.90. The highest BCUT2D eigenvalue weighted by Crippen LogP contribution is 2.35. The summed E-state index contributed by atoms with van der Waals surface area (Å²) >= 11 is 0. The van der Waals surface area contributed by atoms with Crippen molar-refractivity contribution in [2.45, 2.75) is 51.2 Å². The standard InChI is InChI=1S/C19H25F3N4O/c1-12(2)14-8-17(19(20,21)22)26-18(23-14)9-15(24-26)16-4-3-6-25(16)10-13-5-7-27-11-13/h8-9,12-13,16H,3-7,10-11H2,1-2H3/t13-,16-/m1/s1. The molecule has 0 spiro atoms. The summed E-state index contributed by atoms with van der Waals surface area (Å²) in [5, 5.41) is 4.35. The van der Waals surface area contributed by atoms with Crippen LogP contribution in [0.2, 0.25) is 0 Å². The third-order valence-electron chi connectivity index (χ3n) is 5.57. The second-order valence-electron chi connectivity index (χ2n) is 7.94. The van der Waals surface area contributed by atoms with Crippen LogP contribution in [0.4, 0.5) is 13.2 Å². The number of aromatic nitrogens is 3. The third-order valence-corrected chi connectivity index (χ3v) is 5.57. The van der Waals surface area contributed by atoms with E-state index < -0.39 is 11.9 Å². The van der Waals surface area contributed by atoms with Crippen molar-refractivity contribution in [2.75, 3.05) is 26.3 Å². The molecule has 4 heterocycles. The van der Waals surface area contributed by atoms with Crippen LogP contribution in [0.5, 0.6) is 0 Å². The fourth-order valence-electron chi connectivity index (χ4n) is 4.11. The number of alkyl halides is 3. The van der Waals surface area contributed by atoms with Gasteiger partial charge in [-0.05, 0) is 43.7 Å². The van der Waals surface area contributed by atoms with E-state index in [1.165, 1.54) is 0 Å². The van der Waals surface area contributed by atoms with Crippen LogP contribution in [0, 0.1) is 5.92 Å². The van der Waals surface area contributed by atoms with E-state index in [0.29, 0.717) is 17.3 Å². The monoisotopic (exact) mass is 382 g/mol. The Morgan fingerprint density at radius 2 is 2.07 bits per heavy atom. The molecule has 0 amide bonds. The molecule has 8 heteroatoms. The van der Waals surface area contributed by atoms with Gasteiger partial charge in [-0.15, -0.1) is 0 Å². The number of fused-ring (bicyclic) bond motifs is 1. The number of ether oxygens (including phenoxy) is 1. The molecule has 0 unspecified atom stereocenters. The summed E-state index contributed by atoms with van der Waals surface area (Å²) in [5.41, 5.74) is 0.647. The topological polar surface area (TPSA) is 42.7 Å². The normalized spacial score (nSPS) is 24.5. The summed E-state index contributed by atoms with van der Waals surface area (Å²) in [7, 11) is 0. The van der Waals surface area contributed by atoms with E-state index in [-0.39, 0.29) is 17.6 Å². The maximum atomic E-state index is 13.6. The number of likely N-dealkylation sites (tertiary alicyclic amines) is 1. The molecule has 2 fully saturated rings. The van der Waals surface area contributed by atoms with Gasteiger partial charge in [-0.2, -0.15) is 18.3 Å². The van der Waals surface area contributed by atoms with Gasteiger partial charge in [0.15, 0.2) is 5.65 Å². The lowest BCUT2D eigenvalue weighted by Crippen LogP contribution is -2.29. The zero-order valence-corrected chi connectivity index (χ0v) is 15.7. The molecule has 2 aliphatic rings. The minimum absolute atomic E-state index is 0.0517. The van der Waals surface area contributed by atoms with Crippen LogP contribution in [-0.2, 0) is 10.9 Å². The molecule has 2 aromatic heterocycles. The first kappa shape index (κ1) is 18.7. The lowest BCUT2D eigenvalue weighted by molar-refractivity contribution is -0.142. The molecular weight excluding hydrogens is 357 g/mol. The van der Waals surface area contributed by atoms with Crippen molar-refractivity contribution in [1.29, 1.82) is 0 Å². The van der Waals surface area contributed by atoms with Crippen LogP contribution < -0.4 is 0 Å². The number of hydrogen-bond donors (Lipinski definition) is 0. The predicted octanol–water partition coefficient (Wildman–Crippen LogP) is 4.04. The van der Waals surface area contributed by atoms with Crippen LogP contribution in [-0.4, -0.2) is 45.8 Å². The molecule has 148 valence electrons. The van der Waals surface area contributed by atoms with Crippen LogP contribution in [0.15, 0.2) is 12.1 Å². The molecule has 2 aliphatic heterocycles. The second-order valence-corrected chi connectivity index (χ2v) is 7.94. The van der Waals surface area contributed by atoms with E-state index in [0.717, 1.165) is 56.1 Å². The molecule has 0 radical (unpaired) electrons. The maximum Gasteiger partial charge on any atom is 0.433 e. The largest absolute Gasteiger partial charge is 0.433 e. The molecule has 0 bridgehead atoms. The van der Waals surface area contributed by atoms with Crippen molar-refractivity contribution >= 4 is 5.65 Å². The van der Waals surface area contributed by atoms with E-state index in [2.05, 4.69) is 15.0 Å². The van der Waals surface area contributed by atoms with Gasteiger partial charge >= 0.3 is 6.18 Å². The van der Waals surface area contributed by atoms with Crippen LogP contribution in [0.1, 0.15) is 62.2 Å². The average Bonchev–Trinajstić information content (AvgIpc) is 3.33. The minimum atomic E-state index is -4.47. The van der Waals surface area contributed by atoms with E-state index in [4.69, 9.17) is 4.74 Å². The number of hydrogen-bond acceptors (Lipinski definition) is 4. The zero-order chi connectivity index (χ0) is 19.2. The lowest BCUT2D eigenvalue weighted by atomic mass is 10.1. The van der Waals surface area contributed by atoms with Crippen LogP contribution in [0.25, 0.3) is 5.65 Å². The van der Waals surface area contributed by atoms with Crippen LogP contribution in [0.3, 0.4) is 0 Å². The highest BCUT2D eigenvalue weighted by atomic mass is 19.4. The van der Waals surface area contributed by atoms with Crippen LogP contribution >= 0.6 is 0 Å². The molecule has 5 nitrogen and oxygen atoms in total. The number of rotatable bonds is 4. The van der Waals surface area contributed by atoms with Gasteiger partial charge in [0.05, 0.1) is 18.3 Å². The lowest BCUT2D eigenvalue weighted by Gasteiger charge is -2.25. The maximum absolute atomic E-state index is 13.6. The molecule has 0 N–H and O–H groups in total. The van der Waals surface area contributed by atoms with Crippen molar-refractivity contribution in [2.24, 2.45) is 5.92 Å². The van der Waals surface area contributed by atoms with Crippen molar-refractivity contribution < 1.29 is 17.9 Å². The smallest absolute Gasteiger partial charge is 0.381 e. The first-order valence-corrected chi connectivity index (χ1v) is 9.62. The summed E-state index contributed by atoms with van der Waals surface area (Å²) in [4.78, 5) is 6.78. The Bertz CT molecular complexity index is 811. The fourth-order valence-corrected chi connectivity index (χ4v) is 4.11. The third kappa shape index (κ3) is 3.69. The second kappa shape index (κ2) is 7.05. The highest BCUT2D eigenvalue weighted by Gasteiger charge is 2.37. The van der Waals surface area contributed by atoms with Gasteiger partial charge in [0.1, 0.15) is 5.69 Å². The molecular formula is C19H25F3N4O. The Labute approximate surface area is 156 Å². The van der Waals surface area contributed by atoms with E-state index >= 15 is 0 Å². The molecule has 2 atom stereocenters. The molecule has 2 aromatic rings. The zero-order valence-electron chi connectivity index (χ0n) is 15.7. The van der Waals surface area contributed by atoms with Crippen molar-refractivity contribution in [3.05, 3.63) is 29.2 Å². The number of halogens is 3. The summed E-state index contributed by atoms with van der Waals surface area (Å²) in [6.07, 6.45) is -1.48. The summed E-state index contributed by atoms with van der Waals surface area (Å²) < 4.78 is 47.2. The fraction of sp³-hybridized carbons (Fsp3) is 0.684. The Morgan fingerprint density at radius 1 is 1.26 bits per heavy atom. The van der Waals surface area contributed by atoms with Gasteiger partial charge in [-0.3, -0.25) is 4.90 Å². The van der Waals surface area contributed by atoms with E-state index in [9.17, 15) is 13.2 Å². The van der Waals surface area contributed by atoms with Crippen molar-refractivity contribution in [1.82, 2.24) is 19.5 Å². The van der Waals surface area contributed by atoms with Gasteiger partial charge in [0.2, 0.25) is 0 Å². The summed E-state index contributed by atoms with van der Waals surface area (Å²) in [5.74, 6) is 0.416. The van der Waals surface area contributed by atoms with Gasteiger partial charge < -0.3 is 4.74 Å². The molecule has 0 aliphatic carbocycles.